The fraction of sp³-hybridized carbons (Fsp3) is 0.938. The summed E-state index contributed by atoms with van der Waals surface area (Å²) in [5.41, 5.74) is 0. The van der Waals surface area contributed by atoms with Gasteiger partial charge in [-0.15, -0.1) is 0 Å². The van der Waals surface area contributed by atoms with Crippen LogP contribution < -0.4 is 39.8 Å². The van der Waals surface area contributed by atoms with Crippen LogP contribution in [0.5, 0.6) is 0 Å². The van der Waals surface area contributed by atoms with Gasteiger partial charge in [0, 0.05) is 13.0 Å². The maximum Gasteiger partial charge on any atom is 1.00 e. The van der Waals surface area contributed by atoms with Crippen LogP contribution >= 0.6 is 15.2 Å². The van der Waals surface area contributed by atoms with Crippen LogP contribution in [0.4, 0.5) is 0 Å². The van der Waals surface area contributed by atoms with E-state index in [0.29, 0.717) is 6.42 Å². The summed E-state index contributed by atoms with van der Waals surface area (Å²) < 4.78 is 22.2. The molecule has 12 heteroatoms. The zero-order valence-corrected chi connectivity index (χ0v) is 20.8. The van der Waals surface area contributed by atoms with E-state index in [9.17, 15) is 23.9 Å². The summed E-state index contributed by atoms with van der Waals surface area (Å²) >= 11 is 0. The Labute approximate surface area is 189 Å². The van der Waals surface area contributed by atoms with E-state index in [-0.39, 0.29) is 48.4 Å². The largest absolute Gasteiger partial charge is 1.00 e. The number of amides is 1. The Hall–Kier alpha value is 0.730. The van der Waals surface area contributed by atoms with Crippen LogP contribution in [-0.4, -0.2) is 37.3 Å². The molecule has 0 fully saturated rings. The number of rotatable bonds is 16. The smallest absolute Gasteiger partial charge is 0.776 e. The van der Waals surface area contributed by atoms with Crippen molar-refractivity contribution in [2.75, 3.05) is 6.54 Å². The topological polar surface area (TPSA) is 167 Å². The van der Waals surface area contributed by atoms with E-state index in [1.54, 1.807) is 0 Å². The molecule has 0 radical (unpaired) electrons. The normalized spacial score (nSPS) is 15.9. The molecule has 0 aliphatic rings. The van der Waals surface area contributed by atoms with Gasteiger partial charge in [-0.25, -0.2) is 0 Å². The van der Waals surface area contributed by atoms with E-state index in [4.69, 9.17) is 14.7 Å². The number of hydrogen-bond acceptors (Lipinski definition) is 5. The van der Waals surface area contributed by atoms with Crippen molar-refractivity contribution in [2.45, 2.75) is 89.1 Å². The first-order chi connectivity index (χ1) is 12.5. The minimum atomic E-state index is -5.68. The Kier molecular flexibility index (Phi) is 17.1. The summed E-state index contributed by atoms with van der Waals surface area (Å²) in [6, 6.07) is 0. The van der Waals surface area contributed by atoms with E-state index in [1.165, 1.54) is 32.1 Å². The van der Waals surface area contributed by atoms with Crippen LogP contribution in [0, 0.1) is 0 Å². The zero-order valence-electron chi connectivity index (χ0n) is 17.0. The minimum absolute atomic E-state index is 0. The summed E-state index contributed by atoms with van der Waals surface area (Å²) in [7, 11) is -11.2. The van der Waals surface area contributed by atoms with Gasteiger partial charge < -0.3 is 34.6 Å². The SMILES string of the molecule is CCCCCCCCCCCC(=O)NCCCC(O)(P(=O)([O-])O)P(=O)(O)O.[Na+]. The third-order valence-corrected chi connectivity index (χ3v) is 8.26. The number of nitrogens with one attached hydrogen (secondary N) is 1. The third-order valence-electron chi connectivity index (χ3n) is 4.44. The summed E-state index contributed by atoms with van der Waals surface area (Å²) in [6.45, 7) is 2.12. The van der Waals surface area contributed by atoms with E-state index in [2.05, 4.69) is 12.2 Å². The Balaban J connectivity index is 0. The van der Waals surface area contributed by atoms with Gasteiger partial charge in [0.25, 0.3) is 0 Å². The Morgan fingerprint density at radius 2 is 1.39 bits per heavy atom. The van der Waals surface area contributed by atoms with Gasteiger partial charge in [-0.3, -0.25) is 9.36 Å². The van der Waals surface area contributed by atoms with Crippen molar-refractivity contribution in [3.8, 4) is 0 Å². The minimum Gasteiger partial charge on any atom is -0.776 e. The summed E-state index contributed by atoms with van der Waals surface area (Å²) in [4.78, 5) is 49.6. The van der Waals surface area contributed by atoms with Crippen LogP contribution in [0.15, 0.2) is 0 Å². The van der Waals surface area contributed by atoms with Gasteiger partial charge in [-0.2, -0.15) is 0 Å². The maximum absolute atomic E-state index is 11.7. The molecular formula is C16H34NNaO8P2. The predicted octanol–water partition coefficient (Wildman–Crippen LogP) is -0.823. The number of carbonyl (C=O) groups excluding carboxylic acids is 1. The van der Waals surface area contributed by atoms with Crippen LogP contribution in [0.3, 0.4) is 0 Å². The van der Waals surface area contributed by atoms with Crippen molar-refractivity contribution >= 4 is 21.1 Å². The van der Waals surface area contributed by atoms with Gasteiger partial charge in [0.15, 0.2) is 7.60 Å². The van der Waals surface area contributed by atoms with Crippen molar-refractivity contribution in [3.63, 3.8) is 0 Å². The van der Waals surface area contributed by atoms with Crippen molar-refractivity contribution in [1.29, 1.82) is 0 Å². The molecule has 0 heterocycles. The Morgan fingerprint density at radius 3 is 1.82 bits per heavy atom. The molecule has 0 saturated heterocycles. The van der Waals surface area contributed by atoms with E-state index in [0.717, 1.165) is 25.7 Å². The average Bonchev–Trinajstić information content (AvgIpc) is 2.55. The molecule has 2 unspecified atom stereocenters. The quantitative estimate of drug-likeness (QED) is 0.115. The first-order valence-electron chi connectivity index (χ1n) is 9.54. The molecule has 1 amide bonds. The van der Waals surface area contributed by atoms with Crippen LogP contribution in [-0.2, 0) is 13.9 Å². The molecule has 0 aromatic rings. The van der Waals surface area contributed by atoms with Crippen LogP contribution in [0.25, 0.3) is 0 Å². The molecule has 0 aromatic heterocycles. The zero-order chi connectivity index (χ0) is 21.0. The monoisotopic (exact) mass is 453 g/mol. The summed E-state index contributed by atoms with van der Waals surface area (Å²) in [5, 5.41) is 8.62. The van der Waals surface area contributed by atoms with E-state index in [1.807, 2.05) is 0 Å². The van der Waals surface area contributed by atoms with Crippen LogP contribution in [0.2, 0.25) is 0 Å². The average molecular weight is 453 g/mol. The number of hydrogen-bond donors (Lipinski definition) is 5. The third kappa shape index (κ3) is 12.4. The maximum atomic E-state index is 11.7. The number of unbranched alkanes of at least 4 members (excludes halogenated alkanes) is 8. The molecule has 0 bridgehead atoms. The molecule has 28 heavy (non-hydrogen) atoms. The van der Waals surface area contributed by atoms with Gasteiger partial charge in [0.2, 0.25) is 11.0 Å². The molecule has 5 N–H and O–H groups in total. The fourth-order valence-corrected chi connectivity index (χ4v) is 4.90. The molecule has 0 spiro atoms. The van der Waals surface area contributed by atoms with Gasteiger partial charge in [0.1, 0.15) is 0 Å². The van der Waals surface area contributed by atoms with Gasteiger partial charge in [0.05, 0.1) is 0 Å². The second-order valence-corrected chi connectivity index (χ2v) is 10.8. The standard InChI is InChI=1S/C16H35NO8P2.Na/c1-2-3-4-5-6-7-8-9-10-12-15(18)17-14-11-13-16(19,26(20,21)22)27(23,24)25;/h19H,2-14H2,1H3,(H,17,18)(H2,20,21,22)(H2,23,24,25);/q;+1/p-1. The molecule has 0 aromatic carbocycles. The van der Waals surface area contributed by atoms with E-state index < -0.39 is 26.7 Å². The molecule has 0 aliphatic carbocycles. The second kappa shape index (κ2) is 15.5. The van der Waals surface area contributed by atoms with Crippen molar-refractivity contribution in [3.05, 3.63) is 0 Å². The molecule has 0 rings (SSSR count). The molecule has 0 aliphatic heterocycles. The predicted molar refractivity (Wildman–Crippen MR) is 101 cm³/mol. The summed E-state index contributed by atoms with van der Waals surface area (Å²) in [6.07, 6.45) is 9.37. The fourth-order valence-electron chi connectivity index (χ4n) is 2.69. The Morgan fingerprint density at radius 1 is 0.929 bits per heavy atom. The molecule has 162 valence electrons. The van der Waals surface area contributed by atoms with Gasteiger partial charge in [-0.1, -0.05) is 58.3 Å². The Bertz CT molecular complexity index is 501. The molecular weight excluding hydrogens is 419 g/mol. The van der Waals surface area contributed by atoms with Crippen LogP contribution in [0.1, 0.15) is 84.0 Å². The van der Waals surface area contributed by atoms with E-state index >= 15 is 0 Å². The first kappa shape index (κ1) is 30.9. The van der Waals surface area contributed by atoms with Crippen molar-refractivity contribution in [2.24, 2.45) is 0 Å². The molecule has 9 nitrogen and oxygen atoms in total. The number of carbonyl (C=O) groups is 1. The van der Waals surface area contributed by atoms with Gasteiger partial charge in [-0.05, 0) is 19.3 Å². The van der Waals surface area contributed by atoms with Crippen molar-refractivity contribution in [1.82, 2.24) is 5.32 Å². The molecule has 0 saturated carbocycles. The van der Waals surface area contributed by atoms with Gasteiger partial charge >= 0.3 is 37.2 Å². The number of aliphatic hydroxyl groups is 1. The first-order valence-corrected chi connectivity index (χ1v) is 12.7. The van der Waals surface area contributed by atoms with Crippen molar-refractivity contribution < 1.29 is 68.2 Å². The molecule has 2 atom stereocenters. The summed E-state index contributed by atoms with van der Waals surface area (Å²) in [5.74, 6) is -0.244. The second-order valence-electron chi connectivity index (χ2n) is 6.87.